The van der Waals surface area contributed by atoms with E-state index in [1.165, 1.54) is 23.1 Å². The van der Waals surface area contributed by atoms with Crippen molar-refractivity contribution in [2.45, 2.75) is 33.3 Å². The van der Waals surface area contributed by atoms with E-state index in [1.807, 2.05) is 13.8 Å². The molecule has 148 valence electrons. The lowest BCUT2D eigenvalue weighted by atomic mass is 10.1. The van der Waals surface area contributed by atoms with Crippen molar-refractivity contribution >= 4 is 34.3 Å². The standard InChI is InChI=1S/C20H17ClN4O4/c1-3-11-5-17-13(7-15(11)21)12(6-18(26)29-17)9-28-19(27)14-8-22-20-23-10-24-25(20)16(14)4-2/h5-8,10H,3-4,9H2,1-2H3. The number of halogens is 1. The largest absolute Gasteiger partial charge is 0.457 e. The fourth-order valence-corrected chi connectivity index (χ4v) is 3.53. The van der Waals surface area contributed by atoms with Crippen molar-refractivity contribution in [3.05, 3.63) is 68.6 Å². The quantitative estimate of drug-likeness (QED) is 0.366. The molecule has 9 heteroatoms. The molecule has 0 saturated heterocycles. The van der Waals surface area contributed by atoms with Crippen LogP contribution in [0.3, 0.4) is 0 Å². The number of rotatable bonds is 5. The first-order chi connectivity index (χ1) is 14.0. The number of benzene rings is 1. The highest BCUT2D eigenvalue weighted by Crippen LogP contribution is 2.26. The summed E-state index contributed by atoms with van der Waals surface area (Å²) in [5, 5.41) is 5.29. The molecular formula is C20H17ClN4O4. The van der Waals surface area contributed by atoms with Gasteiger partial charge >= 0.3 is 11.6 Å². The maximum absolute atomic E-state index is 12.7. The second-order valence-electron chi connectivity index (χ2n) is 6.40. The lowest BCUT2D eigenvalue weighted by Crippen LogP contribution is -2.14. The molecule has 0 amide bonds. The van der Waals surface area contributed by atoms with Crippen molar-refractivity contribution < 1.29 is 13.9 Å². The zero-order valence-electron chi connectivity index (χ0n) is 15.8. The molecule has 0 radical (unpaired) electrons. The summed E-state index contributed by atoms with van der Waals surface area (Å²) in [6.45, 7) is 3.75. The maximum Gasteiger partial charge on any atom is 0.341 e. The van der Waals surface area contributed by atoms with Crippen LogP contribution in [-0.4, -0.2) is 25.6 Å². The monoisotopic (exact) mass is 412 g/mol. The van der Waals surface area contributed by atoms with Crippen molar-refractivity contribution in [1.82, 2.24) is 19.6 Å². The van der Waals surface area contributed by atoms with Crippen LogP contribution in [0.5, 0.6) is 0 Å². The average Bonchev–Trinajstić information content (AvgIpc) is 3.19. The first-order valence-corrected chi connectivity index (χ1v) is 9.49. The van der Waals surface area contributed by atoms with Crippen molar-refractivity contribution in [2.24, 2.45) is 0 Å². The Morgan fingerprint density at radius 2 is 2.00 bits per heavy atom. The summed E-state index contributed by atoms with van der Waals surface area (Å²) in [6.07, 6.45) is 4.04. The van der Waals surface area contributed by atoms with Gasteiger partial charge in [-0.2, -0.15) is 10.1 Å². The molecule has 0 aliphatic heterocycles. The zero-order valence-corrected chi connectivity index (χ0v) is 16.6. The molecule has 8 nitrogen and oxygen atoms in total. The van der Waals surface area contributed by atoms with Gasteiger partial charge in [0.05, 0.1) is 11.3 Å². The molecule has 3 heterocycles. The number of aromatic nitrogens is 4. The molecule has 0 bridgehead atoms. The lowest BCUT2D eigenvalue weighted by Gasteiger charge is -2.11. The van der Waals surface area contributed by atoms with E-state index in [9.17, 15) is 9.59 Å². The third-order valence-electron chi connectivity index (χ3n) is 4.70. The number of ether oxygens (including phenoxy) is 1. The van der Waals surface area contributed by atoms with Gasteiger partial charge in [0.25, 0.3) is 5.78 Å². The van der Waals surface area contributed by atoms with Gasteiger partial charge in [0.2, 0.25) is 0 Å². The van der Waals surface area contributed by atoms with E-state index in [4.69, 9.17) is 20.8 Å². The minimum atomic E-state index is -0.565. The summed E-state index contributed by atoms with van der Waals surface area (Å²) >= 11 is 6.31. The summed E-state index contributed by atoms with van der Waals surface area (Å²) < 4.78 is 12.3. The summed E-state index contributed by atoms with van der Waals surface area (Å²) in [7, 11) is 0. The van der Waals surface area contributed by atoms with Gasteiger partial charge in [-0.1, -0.05) is 25.4 Å². The number of hydrogen-bond acceptors (Lipinski definition) is 7. The fraction of sp³-hybridized carbons (Fsp3) is 0.250. The highest BCUT2D eigenvalue weighted by molar-refractivity contribution is 6.32. The molecule has 1 aromatic carbocycles. The van der Waals surface area contributed by atoms with E-state index in [1.54, 1.807) is 12.1 Å². The molecule has 4 aromatic rings. The molecule has 0 aliphatic rings. The van der Waals surface area contributed by atoms with E-state index in [0.717, 1.165) is 5.56 Å². The molecular weight excluding hydrogens is 396 g/mol. The summed E-state index contributed by atoms with van der Waals surface area (Å²) in [5.41, 5.74) is 2.21. The summed E-state index contributed by atoms with van der Waals surface area (Å²) in [4.78, 5) is 32.8. The lowest BCUT2D eigenvalue weighted by molar-refractivity contribution is 0.0471. The van der Waals surface area contributed by atoms with E-state index >= 15 is 0 Å². The zero-order chi connectivity index (χ0) is 20.5. The van der Waals surface area contributed by atoms with E-state index in [-0.39, 0.29) is 6.61 Å². The van der Waals surface area contributed by atoms with Gasteiger partial charge in [0.15, 0.2) is 0 Å². The molecule has 0 spiro atoms. The first kappa shape index (κ1) is 19.1. The Kier molecular flexibility index (Phi) is 5.02. The van der Waals surface area contributed by atoms with Crippen LogP contribution >= 0.6 is 11.6 Å². The first-order valence-electron chi connectivity index (χ1n) is 9.11. The van der Waals surface area contributed by atoms with Crippen LogP contribution in [0.4, 0.5) is 0 Å². The van der Waals surface area contributed by atoms with Crippen LogP contribution in [0.25, 0.3) is 16.7 Å². The number of esters is 1. The second kappa shape index (κ2) is 7.63. The molecule has 4 rings (SSSR count). The van der Waals surface area contributed by atoms with Crippen molar-refractivity contribution in [3.63, 3.8) is 0 Å². The molecule has 0 unspecified atom stereocenters. The number of nitrogens with zero attached hydrogens (tertiary/aromatic N) is 4. The maximum atomic E-state index is 12.7. The summed E-state index contributed by atoms with van der Waals surface area (Å²) in [6, 6.07) is 4.77. The predicted octanol–water partition coefficient (Wildman–Crippen LogP) is 3.37. The van der Waals surface area contributed by atoms with Gasteiger partial charge in [-0.15, -0.1) is 0 Å². The number of carbonyl (C=O) groups is 1. The van der Waals surface area contributed by atoms with E-state index in [0.29, 0.717) is 51.4 Å². The summed E-state index contributed by atoms with van der Waals surface area (Å²) in [5.74, 6) is -0.157. The topological polar surface area (TPSA) is 99.6 Å². The van der Waals surface area contributed by atoms with Crippen LogP contribution in [0.15, 0.2) is 39.9 Å². The van der Waals surface area contributed by atoms with Crippen LogP contribution < -0.4 is 5.63 Å². The third-order valence-corrected chi connectivity index (χ3v) is 5.05. The van der Waals surface area contributed by atoms with Crippen molar-refractivity contribution in [2.75, 3.05) is 0 Å². The van der Waals surface area contributed by atoms with Crippen LogP contribution in [0.1, 0.15) is 41.0 Å². The van der Waals surface area contributed by atoms with Crippen LogP contribution in [0, 0.1) is 0 Å². The number of hydrogen-bond donors (Lipinski definition) is 0. The highest BCUT2D eigenvalue weighted by atomic mass is 35.5. The minimum absolute atomic E-state index is 0.110. The van der Waals surface area contributed by atoms with Crippen molar-refractivity contribution in [3.8, 4) is 0 Å². The average molecular weight is 413 g/mol. The van der Waals surface area contributed by atoms with Crippen molar-refractivity contribution in [1.29, 1.82) is 0 Å². The molecule has 3 aromatic heterocycles. The predicted molar refractivity (Wildman–Crippen MR) is 106 cm³/mol. The van der Waals surface area contributed by atoms with Crippen LogP contribution in [-0.2, 0) is 24.2 Å². The normalized spacial score (nSPS) is 11.3. The van der Waals surface area contributed by atoms with E-state index in [2.05, 4.69) is 15.1 Å². The van der Waals surface area contributed by atoms with Gasteiger partial charge in [0.1, 0.15) is 18.5 Å². The fourth-order valence-electron chi connectivity index (χ4n) is 3.24. The SMILES string of the molecule is CCc1cc2oc(=O)cc(COC(=O)c3cnc4ncnn4c3CC)c2cc1Cl. The molecule has 0 N–H and O–H groups in total. The van der Waals surface area contributed by atoms with Crippen LogP contribution in [0.2, 0.25) is 5.02 Å². The molecule has 0 saturated carbocycles. The van der Waals surface area contributed by atoms with Gasteiger partial charge < -0.3 is 9.15 Å². The van der Waals surface area contributed by atoms with E-state index < -0.39 is 11.6 Å². The molecule has 29 heavy (non-hydrogen) atoms. The Morgan fingerprint density at radius 3 is 2.76 bits per heavy atom. The number of aryl methyl sites for hydroxylation is 2. The third kappa shape index (κ3) is 3.47. The second-order valence-corrected chi connectivity index (χ2v) is 6.81. The number of fused-ring (bicyclic) bond motifs is 2. The van der Waals surface area contributed by atoms with Gasteiger partial charge in [0, 0.05) is 28.2 Å². The number of carbonyl (C=O) groups excluding carboxylic acids is 1. The smallest absolute Gasteiger partial charge is 0.341 e. The Hall–Kier alpha value is -3.26. The molecule has 0 aliphatic carbocycles. The Morgan fingerprint density at radius 1 is 1.17 bits per heavy atom. The van der Waals surface area contributed by atoms with Gasteiger partial charge in [-0.25, -0.2) is 19.1 Å². The Balaban J connectivity index is 1.67. The highest BCUT2D eigenvalue weighted by Gasteiger charge is 2.18. The van der Waals surface area contributed by atoms with Gasteiger partial charge in [-0.05, 0) is 30.5 Å². The Bertz CT molecular complexity index is 1300. The minimum Gasteiger partial charge on any atom is -0.457 e. The molecule has 0 fully saturated rings. The Labute approximate surface area is 170 Å². The van der Waals surface area contributed by atoms with Gasteiger partial charge in [-0.3, -0.25) is 0 Å². The molecule has 0 atom stereocenters.